The summed E-state index contributed by atoms with van der Waals surface area (Å²) in [7, 11) is 1.34. The Morgan fingerprint density at radius 2 is 1.94 bits per heavy atom. The normalized spacial score (nSPS) is 17.5. The zero-order chi connectivity index (χ0) is 13.6. The number of nitrogens with two attached hydrogens (primary N) is 1. The molecule has 5 heteroatoms. The third-order valence-corrected chi connectivity index (χ3v) is 3.73. The van der Waals surface area contributed by atoms with Crippen molar-refractivity contribution in [3.8, 4) is 0 Å². The van der Waals surface area contributed by atoms with Crippen molar-refractivity contribution >= 4 is 11.9 Å². The number of nitrogens with zero attached hydrogens (tertiary/aromatic N) is 1. The average molecular weight is 256 g/mol. The van der Waals surface area contributed by atoms with Crippen molar-refractivity contribution in [1.82, 2.24) is 4.90 Å². The molecule has 1 rings (SSSR count). The summed E-state index contributed by atoms with van der Waals surface area (Å²) in [6.07, 6.45) is 4.58. The fraction of sp³-hybridized carbons (Fsp3) is 0.846. The summed E-state index contributed by atoms with van der Waals surface area (Å²) in [6, 6.07) is 0. The summed E-state index contributed by atoms with van der Waals surface area (Å²) in [4.78, 5) is 25.5. The van der Waals surface area contributed by atoms with Crippen LogP contribution in [0.5, 0.6) is 0 Å². The van der Waals surface area contributed by atoms with E-state index in [0.29, 0.717) is 13.1 Å². The minimum absolute atomic E-state index is 0.0229. The van der Waals surface area contributed by atoms with Crippen LogP contribution in [0.25, 0.3) is 0 Å². The van der Waals surface area contributed by atoms with Gasteiger partial charge >= 0.3 is 5.97 Å². The van der Waals surface area contributed by atoms with Crippen LogP contribution in [-0.4, -0.2) is 43.5 Å². The molecule has 1 fully saturated rings. The fourth-order valence-corrected chi connectivity index (χ4v) is 2.64. The third-order valence-electron chi connectivity index (χ3n) is 3.73. The molecule has 0 atom stereocenters. The van der Waals surface area contributed by atoms with Gasteiger partial charge in [-0.05, 0) is 19.3 Å². The molecular formula is C13H24N2O3. The van der Waals surface area contributed by atoms with E-state index in [0.717, 1.165) is 32.1 Å². The van der Waals surface area contributed by atoms with Gasteiger partial charge in [-0.25, -0.2) is 0 Å². The molecule has 104 valence electrons. The summed E-state index contributed by atoms with van der Waals surface area (Å²) >= 11 is 0. The molecule has 18 heavy (non-hydrogen) atoms. The van der Waals surface area contributed by atoms with Gasteiger partial charge in [0.2, 0.25) is 5.91 Å². The van der Waals surface area contributed by atoms with Crippen LogP contribution in [-0.2, 0) is 14.3 Å². The molecule has 0 unspecified atom stereocenters. The van der Waals surface area contributed by atoms with Crippen molar-refractivity contribution in [2.45, 2.75) is 39.0 Å². The van der Waals surface area contributed by atoms with Crippen molar-refractivity contribution < 1.29 is 14.3 Å². The first-order chi connectivity index (χ1) is 8.59. The van der Waals surface area contributed by atoms with E-state index < -0.39 is 5.41 Å². The van der Waals surface area contributed by atoms with Gasteiger partial charge < -0.3 is 15.4 Å². The zero-order valence-corrected chi connectivity index (χ0v) is 11.4. The van der Waals surface area contributed by atoms with Crippen molar-refractivity contribution in [1.29, 1.82) is 0 Å². The molecule has 0 aromatic rings. The molecule has 0 radical (unpaired) electrons. The van der Waals surface area contributed by atoms with E-state index in [-0.39, 0.29) is 18.4 Å². The number of carbonyl (C=O) groups excluding carboxylic acids is 2. The highest BCUT2D eigenvalue weighted by molar-refractivity contribution is 5.86. The Balaban J connectivity index is 2.77. The molecule has 0 spiro atoms. The van der Waals surface area contributed by atoms with Crippen molar-refractivity contribution in [2.24, 2.45) is 11.1 Å². The molecule has 1 amide bonds. The predicted molar refractivity (Wildman–Crippen MR) is 68.8 cm³/mol. The predicted octanol–water partition coefficient (Wildman–Crippen LogP) is 0.917. The van der Waals surface area contributed by atoms with Gasteiger partial charge in [-0.2, -0.15) is 0 Å². The first-order valence-corrected chi connectivity index (χ1v) is 6.66. The SMILES string of the molecule is CCCN(CC(=O)OC)C(=O)C1(CN)CCCC1. The number of esters is 1. The monoisotopic (exact) mass is 256 g/mol. The number of methoxy groups -OCH3 is 1. The fourth-order valence-electron chi connectivity index (χ4n) is 2.64. The molecule has 5 nitrogen and oxygen atoms in total. The summed E-state index contributed by atoms with van der Waals surface area (Å²) < 4.78 is 4.64. The highest BCUT2D eigenvalue weighted by atomic mass is 16.5. The number of amides is 1. The summed E-state index contributed by atoms with van der Waals surface area (Å²) in [6.45, 7) is 2.97. The van der Waals surface area contributed by atoms with E-state index in [4.69, 9.17) is 5.73 Å². The largest absolute Gasteiger partial charge is 0.468 e. The minimum Gasteiger partial charge on any atom is -0.468 e. The lowest BCUT2D eigenvalue weighted by Crippen LogP contribution is -2.48. The van der Waals surface area contributed by atoms with E-state index in [9.17, 15) is 9.59 Å². The summed E-state index contributed by atoms with van der Waals surface area (Å²) in [5.41, 5.74) is 5.36. The number of hydrogen-bond acceptors (Lipinski definition) is 4. The molecule has 0 aromatic heterocycles. The second-order valence-electron chi connectivity index (χ2n) is 4.99. The lowest BCUT2D eigenvalue weighted by molar-refractivity contribution is -0.151. The van der Waals surface area contributed by atoms with Gasteiger partial charge in [0.25, 0.3) is 0 Å². The second kappa shape index (κ2) is 6.73. The molecule has 1 aliphatic rings. The Bertz CT molecular complexity index is 299. The average Bonchev–Trinajstić information content (AvgIpc) is 2.87. The molecule has 0 aromatic carbocycles. The van der Waals surface area contributed by atoms with Gasteiger partial charge in [-0.1, -0.05) is 19.8 Å². The van der Waals surface area contributed by atoms with Crippen LogP contribution in [0.1, 0.15) is 39.0 Å². The maximum absolute atomic E-state index is 12.6. The van der Waals surface area contributed by atoms with Gasteiger partial charge in [0.1, 0.15) is 6.54 Å². The smallest absolute Gasteiger partial charge is 0.325 e. The van der Waals surface area contributed by atoms with Gasteiger partial charge in [0, 0.05) is 13.1 Å². The number of rotatable bonds is 6. The van der Waals surface area contributed by atoms with Crippen molar-refractivity contribution in [2.75, 3.05) is 26.7 Å². The quantitative estimate of drug-likeness (QED) is 0.717. The van der Waals surface area contributed by atoms with Crippen molar-refractivity contribution in [3.05, 3.63) is 0 Å². The molecule has 1 saturated carbocycles. The number of ether oxygens (including phenoxy) is 1. The van der Waals surface area contributed by atoms with Gasteiger partial charge in [-0.3, -0.25) is 9.59 Å². The van der Waals surface area contributed by atoms with Gasteiger partial charge in [0.05, 0.1) is 12.5 Å². The Hall–Kier alpha value is -1.10. The molecule has 0 saturated heterocycles. The van der Waals surface area contributed by atoms with Crippen LogP contribution in [0, 0.1) is 5.41 Å². The summed E-state index contributed by atoms with van der Waals surface area (Å²) in [5, 5.41) is 0. The van der Waals surface area contributed by atoms with E-state index in [2.05, 4.69) is 4.74 Å². The topological polar surface area (TPSA) is 72.6 Å². The van der Waals surface area contributed by atoms with Crippen LogP contribution in [0.4, 0.5) is 0 Å². The first kappa shape index (κ1) is 15.0. The molecule has 1 aliphatic carbocycles. The Kier molecular flexibility index (Phi) is 5.59. The van der Waals surface area contributed by atoms with Crippen LogP contribution < -0.4 is 5.73 Å². The van der Waals surface area contributed by atoms with E-state index in [1.54, 1.807) is 4.90 Å². The summed E-state index contributed by atoms with van der Waals surface area (Å²) in [5.74, 6) is -0.350. The second-order valence-corrected chi connectivity index (χ2v) is 4.99. The van der Waals surface area contributed by atoms with E-state index in [1.165, 1.54) is 7.11 Å². The van der Waals surface area contributed by atoms with E-state index >= 15 is 0 Å². The lowest BCUT2D eigenvalue weighted by atomic mass is 9.84. The Morgan fingerprint density at radius 1 is 1.33 bits per heavy atom. The maximum atomic E-state index is 12.6. The molecular weight excluding hydrogens is 232 g/mol. The third kappa shape index (κ3) is 3.22. The van der Waals surface area contributed by atoms with E-state index in [1.807, 2.05) is 6.92 Å². The molecule has 0 heterocycles. The number of hydrogen-bond donors (Lipinski definition) is 1. The lowest BCUT2D eigenvalue weighted by Gasteiger charge is -2.32. The van der Waals surface area contributed by atoms with Gasteiger partial charge in [-0.15, -0.1) is 0 Å². The standard InChI is InChI=1S/C13H24N2O3/c1-3-8-15(9-11(16)18-2)12(17)13(10-14)6-4-5-7-13/h3-10,14H2,1-2H3. The van der Waals surface area contributed by atoms with Crippen molar-refractivity contribution in [3.63, 3.8) is 0 Å². The van der Waals surface area contributed by atoms with Gasteiger partial charge in [0.15, 0.2) is 0 Å². The number of carbonyl (C=O) groups is 2. The molecule has 2 N–H and O–H groups in total. The highest BCUT2D eigenvalue weighted by Gasteiger charge is 2.42. The minimum atomic E-state index is -0.441. The zero-order valence-electron chi connectivity index (χ0n) is 11.4. The molecule has 0 aliphatic heterocycles. The Morgan fingerprint density at radius 3 is 2.39 bits per heavy atom. The Labute approximate surface area is 109 Å². The van der Waals surface area contributed by atoms with Crippen LogP contribution >= 0.6 is 0 Å². The molecule has 0 bridgehead atoms. The maximum Gasteiger partial charge on any atom is 0.325 e. The van der Waals surface area contributed by atoms with Crippen LogP contribution in [0.3, 0.4) is 0 Å². The highest BCUT2D eigenvalue weighted by Crippen LogP contribution is 2.38. The van der Waals surface area contributed by atoms with Crippen LogP contribution in [0.15, 0.2) is 0 Å². The van der Waals surface area contributed by atoms with Crippen LogP contribution in [0.2, 0.25) is 0 Å². The first-order valence-electron chi connectivity index (χ1n) is 6.66.